The predicted molar refractivity (Wildman–Crippen MR) is 59.9 cm³/mol. The minimum absolute atomic E-state index is 0.0409. The lowest BCUT2D eigenvalue weighted by molar-refractivity contribution is 0.232. The molecular weight excluding hydrogens is 190 g/mol. The van der Waals surface area contributed by atoms with Crippen molar-refractivity contribution in [2.75, 3.05) is 26.2 Å². The van der Waals surface area contributed by atoms with E-state index in [1.807, 2.05) is 13.0 Å². The van der Waals surface area contributed by atoms with E-state index in [0.717, 1.165) is 43.9 Å². The zero-order valence-electron chi connectivity index (χ0n) is 9.05. The van der Waals surface area contributed by atoms with E-state index < -0.39 is 0 Å². The summed E-state index contributed by atoms with van der Waals surface area (Å²) >= 11 is 0. The maximum absolute atomic E-state index is 11.5. The second-order valence-electron chi connectivity index (χ2n) is 4.06. The lowest BCUT2D eigenvalue weighted by atomic mass is 10.2. The molecule has 0 saturated carbocycles. The van der Waals surface area contributed by atoms with E-state index in [4.69, 9.17) is 0 Å². The molecule has 82 valence electrons. The number of aromatic amines is 1. The highest BCUT2D eigenvalue weighted by molar-refractivity contribution is 5.16. The molecule has 2 N–H and O–H groups in total. The summed E-state index contributed by atoms with van der Waals surface area (Å²) in [4.78, 5) is 16.6. The van der Waals surface area contributed by atoms with Gasteiger partial charge in [0.2, 0.25) is 0 Å². The van der Waals surface area contributed by atoms with Crippen molar-refractivity contribution in [3.63, 3.8) is 0 Å². The van der Waals surface area contributed by atoms with Crippen LogP contribution in [0.5, 0.6) is 0 Å². The van der Waals surface area contributed by atoms with Crippen molar-refractivity contribution in [1.29, 1.82) is 0 Å². The smallest absolute Gasteiger partial charge is 0.252 e. The van der Waals surface area contributed by atoms with Crippen molar-refractivity contribution in [2.24, 2.45) is 0 Å². The Morgan fingerprint density at radius 2 is 2.13 bits per heavy atom. The van der Waals surface area contributed by atoms with Gasteiger partial charge in [-0.05, 0) is 18.6 Å². The first kappa shape index (κ1) is 10.4. The average Bonchev–Trinajstić information content (AvgIpc) is 2.25. The molecule has 4 heteroatoms. The molecule has 0 bridgehead atoms. The monoisotopic (exact) mass is 207 g/mol. The van der Waals surface area contributed by atoms with Gasteiger partial charge in [0.05, 0.1) is 0 Å². The van der Waals surface area contributed by atoms with Crippen LogP contribution in [0.3, 0.4) is 0 Å². The normalized spacial score (nSPS) is 17.9. The maximum atomic E-state index is 11.5. The summed E-state index contributed by atoms with van der Waals surface area (Å²) in [5.74, 6) is 0. The Labute approximate surface area is 89.3 Å². The molecule has 1 saturated heterocycles. The van der Waals surface area contributed by atoms with Gasteiger partial charge in [-0.3, -0.25) is 9.69 Å². The summed E-state index contributed by atoms with van der Waals surface area (Å²) in [6, 6.07) is 1.97. The molecule has 1 fully saturated rings. The number of nitrogens with one attached hydrogen (secondary N) is 2. The average molecular weight is 207 g/mol. The first-order valence-corrected chi connectivity index (χ1v) is 5.37. The summed E-state index contributed by atoms with van der Waals surface area (Å²) in [5.41, 5.74) is 2.02. The number of H-pyrrole nitrogens is 1. The predicted octanol–water partition coefficient (Wildman–Crippen LogP) is 0.0885. The Kier molecular flexibility index (Phi) is 3.18. The van der Waals surface area contributed by atoms with Crippen molar-refractivity contribution >= 4 is 0 Å². The van der Waals surface area contributed by atoms with E-state index in [1.54, 1.807) is 6.20 Å². The van der Waals surface area contributed by atoms with Gasteiger partial charge in [0.1, 0.15) is 0 Å². The summed E-state index contributed by atoms with van der Waals surface area (Å²) < 4.78 is 0. The first-order chi connectivity index (χ1) is 7.25. The Balaban J connectivity index is 2.09. The minimum atomic E-state index is 0.0409. The molecule has 0 spiro atoms. The molecule has 1 aliphatic heterocycles. The van der Waals surface area contributed by atoms with Crippen molar-refractivity contribution < 1.29 is 0 Å². The second-order valence-corrected chi connectivity index (χ2v) is 4.06. The van der Waals surface area contributed by atoms with Crippen LogP contribution in [0.1, 0.15) is 11.1 Å². The summed E-state index contributed by atoms with van der Waals surface area (Å²) in [6.45, 7) is 6.84. The zero-order valence-corrected chi connectivity index (χ0v) is 9.05. The fraction of sp³-hybridized carbons (Fsp3) is 0.545. The largest absolute Gasteiger partial charge is 0.329 e. The lowest BCUT2D eigenvalue weighted by Gasteiger charge is -2.26. The van der Waals surface area contributed by atoms with Gasteiger partial charge < -0.3 is 10.3 Å². The standard InChI is InChI=1S/C11H17N3O/c1-9-6-10(11(15)13-7-9)8-14-4-2-12-3-5-14/h6-7,12H,2-5,8H2,1H3,(H,13,15). The Hall–Kier alpha value is -1.13. The van der Waals surface area contributed by atoms with Crippen LogP contribution in [0.25, 0.3) is 0 Å². The fourth-order valence-electron chi connectivity index (χ4n) is 1.88. The topological polar surface area (TPSA) is 48.1 Å². The molecule has 0 amide bonds. The van der Waals surface area contributed by atoms with Crippen LogP contribution in [-0.2, 0) is 6.54 Å². The van der Waals surface area contributed by atoms with E-state index in [1.165, 1.54) is 0 Å². The highest BCUT2D eigenvalue weighted by Gasteiger charge is 2.11. The van der Waals surface area contributed by atoms with Crippen molar-refractivity contribution in [2.45, 2.75) is 13.5 Å². The molecule has 2 heterocycles. The molecule has 4 nitrogen and oxygen atoms in total. The van der Waals surface area contributed by atoms with Crippen molar-refractivity contribution in [1.82, 2.24) is 15.2 Å². The van der Waals surface area contributed by atoms with Crippen LogP contribution in [0.2, 0.25) is 0 Å². The van der Waals surface area contributed by atoms with Crippen molar-refractivity contribution in [3.05, 3.63) is 33.7 Å². The molecule has 15 heavy (non-hydrogen) atoms. The number of hydrogen-bond acceptors (Lipinski definition) is 3. The fourth-order valence-corrected chi connectivity index (χ4v) is 1.88. The molecule has 0 unspecified atom stereocenters. The van der Waals surface area contributed by atoms with Gasteiger partial charge in [-0.2, -0.15) is 0 Å². The SMILES string of the molecule is Cc1c[nH]c(=O)c(CN2CCNCC2)c1. The highest BCUT2D eigenvalue weighted by atomic mass is 16.1. The minimum Gasteiger partial charge on any atom is -0.329 e. The number of nitrogens with zero attached hydrogens (tertiary/aromatic N) is 1. The van der Waals surface area contributed by atoms with E-state index in [0.29, 0.717) is 0 Å². The van der Waals surface area contributed by atoms with Crippen molar-refractivity contribution in [3.8, 4) is 0 Å². The van der Waals surface area contributed by atoms with Gasteiger partial charge in [-0.1, -0.05) is 0 Å². The lowest BCUT2D eigenvalue weighted by Crippen LogP contribution is -2.43. The molecular formula is C11H17N3O. The third-order valence-corrected chi connectivity index (χ3v) is 2.73. The molecule has 0 aromatic carbocycles. The Bertz CT molecular complexity index is 380. The van der Waals surface area contributed by atoms with Crippen LogP contribution in [0.15, 0.2) is 17.1 Å². The van der Waals surface area contributed by atoms with Gasteiger partial charge in [0.15, 0.2) is 0 Å². The van der Waals surface area contributed by atoms with Crippen LogP contribution < -0.4 is 10.9 Å². The maximum Gasteiger partial charge on any atom is 0.252 e. The van der Waals surface area contributed by atoms with Crippen LogP contribution >= 0.6 is 0 Å². The van der Waals surface area contributed by atoms with Gasteiger partial charge in [-0.15, -0.1) is 0 Å². The Morgan fingerprint density at radius 1 is 1.40 bits per heavy atom. The van der Waals surface area contributed by atoms with Gasteiger partial charge in [0.25, 0.3) is 5.56 Å². The quantitative estimate of drug-likeness (QED) is 0.722. The van der Waals surface area contributed by atoms with Crippen LogP contribution in [0, 0.1) is 6.92 Å². The second kappa shape index (κ2) is 4.59. The molecule has 1 aromatic rings. The number of piperazine rings is 1. The third-order valence-electron chi connectivity index (χ3n) is 2.73. The number of pyridine rings is 1. The first-order valence-electron chi connectivity index (χ1n) is 5.37. The number of hydrogen-bond donors (Lipinski definition) is 2. The summed E-state index contributed by atoms with van der Waals surface area (Å²) in [7, 11) is 0. The molecule has 2 rings (SSSR count). The van der Waals surface area contributed by atoms with Gasteiger partial charge >= 0.3 is 0 Å². The third kappa shape index (κ3) is 2.67. The molecule has 0 atom stereocenters. The van der Waals surface area contributed by atoms with E-state index in [2.05, 4.69) is 15.2 Å². The highest BCUT2D eigenvalue weighted by Crippen LogP contribution is 2.02. The number of aromatic nitrogens is 1. The van der Waals surface area contributed by atoms with Crippen LogP contribution in [-0.4, -0.2) is 36.1 Å². The Morgan fingerprint density at radius 3 is 2.87 bits per heavy atom. The molecule has 0 aliphatic carbocycles. The van der Waals surface area contributed by atoms with Gasteiger partial charge in [-0.25, -0.2) is 0 Å². The number of rotatable bonds is 2. The molecule has 1 aromatic heterocycles. The zero-order chi connectivity index (χ0) is 10.7. The number of aryl methyl sites for hydroxylation is 1. The summed E-state index contributed by atoms with van der Waals surface area (Å²) in [5, 5.41) is 3.30. The molecule has 0 radical (unpaired) electrons. The van der Waals surface area contributed by atoms with E-state index in [-0.39, 0.29) is 5.56 Å². The molecule has 1 aliphatic rings. The summed E-state index contributed by atoms with van der Waals surface area (Å²) in [6.07, 6.45) is 1.75. The van der Waals surface area contributed by atoms with Gasteiger partial charge in [0, 0.05) is 44.5 Å². The van der Waals surface area contributed by atoms with E-state index in [9.17, 15) is 4.79 Å². The van der Waals surface area contributed by atoms with E-state index >= 15 is 0 Å². The van der Waals surface area contributed by atoms with Crippen LogP contribution in [0.4, 0.5) is 0 Å².